The average molecular weight is 315 g/mol. The van der Waals surface area contributed by atoms with Gasteiger partial charge in [-0.1, -0.05) is 20.8 Å². The molecular weight excluding hydrogens is 290 g/mol. The van der Waals surface area contributed by atoms with Gasteiger partial charge in [0.2, 0.25) is 10.0 Å². The van der Waals surface area contributed by atoms with Crippen molar-refractivity contribution >= 4 is 10.0 Å². The Bertz CT molecular complexity index is 576. The van der Waals surface area contributed by atoms with Crippen molar-refractivity contribution in [2.45, 2.75) is 45.1 Å². The quantitative estimate of drug-likeness (QED) is 0.843. The van der Waals surface area contributed by atoms with Crippen LogP contribution in [0, 0.1) is 12.3 Å². The largest absolute Gasteiger partial charge is 0.496 e. The highest BCUT2D eigenvalue weighted by Gasteiger charge is 2.22. The van der Waals surface area contributed by atoms with Crippen LogP contribution in [0.3, 0.4) is 0 Å². The van der Waals surface area contributed by atoms with Crippen LogP contribution in [0.15, 0.2) is 23.1 Å². The first-order valence-electron chi connectivity index (χ1n) is 6.90. The molecule has 1 rings (SSSR count). The highest BCUT2D eigenvalue weighted by molar-refractivity contribution is 7.89. The number of methoxy groups -OCH3 is 1. The maximum atomic E-state index is 12.2. The first-order valence-corrected chi connectivity index (χ1v) is 8.38. The maximum Gasteiger partial charge on any atom is 0.240 e. The molecule has 0 aliphatic carbocycles. The van der Waals surface area contributed by atoms with E-state index in [9.17, 15) is 13.5 Å². The number of aliphatic hydroxyl groups is 1. The second kappa shape index (κ2) is 6.77. The molecule has 0 aromatic heterocycles. The molecule has 0 aliphatic heterocycles. The zero-order chi connectivity index (χ0) is 16.3. The number of hydrogen-bond acceptors (Lipinski definition) is 4. The van der Waals surface area contributed by atoms with E-state index in [1.54, 1.807) is 26.2 Å². The van der Waals surface area contributed by atoms with Gasteiger partial charge in [0.1, 0.15) is 5.75 Å². The van der Waals surface area contributed by atoms with E-state index in [0.29, 0.717) is 12.2 Å². The fraction of sp³-hybridized carbons (Fsp3) is 0.600. The van der Waals surface area contributed by atoms with E-state index < -0.39 is 16.1 Å². The third-order valence-corrected chi connectivity index (χ3v) is 4.84. The molecular formula is C15H25NO4S. The molecule has 0 bridgehead atoms. The number of hydrogen-bond donors (Lipinski definition) is 2. The summed E-state index contributed by atoms with van der Waals surface area (Å²) in [6, 6.07) is 4.71. The minimum Gasteiger partial charge on any atom is -0.496 e. The van der Waals surface area contributed by atoms with E-state index in [2.05, 4.69) is 4.72 Å². The van der Waals surface area contributed by atoms with Crippen LogP contribution in [0.4, 0.5) is 0 Å². The normalized spacial score (nSPS) is 14.0. The standard InChI is InChI=1S/C15H25NO4S/c1-11-10-12(6-7-13(11)20-5)21(18,19)16-9-8-14(17)15(2,3)4/h6-7,10,14,16-17H,8-9H2,1-5H3. The van der Waals surface area contributed by atoms with Crippen LogP contribution in [0.5, 0.6) is 5.75 Å². The van der Waals surface area contributed by atoms with E-state index in [-0.39, 0.29) is 16.9 Å². The number of aryl methyl sites for hydroxylation is 1. The van der Waals surface area contributed by atoms with E-state index in [4.69, 9.17) is 4.74 Å². The number of benzene rings is 1. The predicted octanol–water partition coefficient (Wildman–Crippen LogP) is 2.08. The monoisotopic (exact) mass is 315 g/mol. The molecule has 21 heavy (non-hydrogen) atoms. The SMILES string of the molecule is COc1ccc(S(=O)(=O)NCCC(O)C(C)(C)C)cc1C. The topological polar surface area (TPSA) is 75.6 Å². The van der Waals surface area contributed by atoms with Crippen molar-refractivity contribution in [2.24, 2.45) is 5.41 Å². The van der Waals surface area contributed by atoms with Gasteiger partial charge >= 0.3 is 0 Å². The van der Waals surface area contributed by atoms with Crippen LogP contribution in [-0.4, -0.2) is 33.3 Å². The lowest BCUT2D eigenvalue weighted by Crippen LogP contribution is -2.32. The summed E-state index contributed by atoms with van der Waals surface area (Å²) in [7, 11) is -2.02. The van der Waals surface area contributed by atoms with E-state index in [1.807, 2.05) is 20.8 Å². The van der Waals surface area contributed by atoms with E-state index in [0.717, 1.165) is 5.56 Å². The van der Waals surface area contributed by atoms with E-state index >= 15 is 0 Å². The average Bonchev–Trinajstić information content (AvgIpc) is 2.37. The third-order valence-electron chi connectivity index (χ3n) is 3.39. The van der Waals surface area contributed by atoms with Crippen molar-refractivity contribution < 1.29 is 18.3 Å². The van der Waals surface area contributed by atoms with Crippen molar-refractivity contribution in [1.82, 2.24) is 4.72 Å². The Morgan fingerprint density at radius 1 is 1.33 bits per heavy atom. The van der Waals surface area contributed by atoms with Gasteiger partial charge in [0.25, 0.3) is 0 Å². The summed E-state index contributed by atoms with van der Waals surface area (Å²) in [5.41, 5.74) is 0.498. The Labute approximate surface area is 127 Å². The van der Waals surface area contributed by atoms with Crippen molar-refractivity contribution in [1.29, 1.82) is 0 Å². The number of nitrogens with one attached hydrogen (secondary N) is 1. The fourth-order valence-corrected chi connectivity index (χ4v) is 3.00. The lowest BCUT2D eigenvalue weighted by atomic mass is 9.87. The molecule has 0 amide bonds. The van der Waals surface area contributed by atoms with Gasteiger partial charge in [0.15, 0.2) is 0 Å². The van der Waals surface area contributed by atoms with Crippen LogP contribution in [-0.2, 0) is 10.0 Å². The molecule has 0 fully saturated rings. The van der Waals surface area contributed by atoms with Crippen molar-refractivity contribution in [2.75, 3.05) is 13.7 Å². The lowest BCUT2D eigenvalue weighted by Gasteiger charge is -2.25. The maximum absolute atomic E-state index is 12.2. The molecule has 1 aromatic rings. The minimum absolute atomic E-state index is 0.200. The van der Waals surface area contributed by atoms with Crippen molar-refractivity contribution in [3.63, 3.8) is 0 Å². The molecule has 120 valence electrons. The molecule has 1 atom stereocenters. The summed E-state index contributed by atoms with van der Waals surface area (Å²) in [6.07, 6.45) is -0.185. The first kappa shape index (κ1) is 17.9. The van der Waals surface area contributed by atoms with Gasteiger partial charge in [-0.2, -0.15) is 0 Å². The molecule has 0 spiro atoms. The smallest absolute Gasteiger partial charge is 0.240 e. The molecule has 1 aromatic carbocycles. The molecule has 0 aliphatic rings. The zero-order valence-electron chi connectivity index (χ0n) is 13.3. The van der Waals surface area contributed by atoms with Gasteiger partial charge in [0.05, 0.1) is 18.1 Å². The molecule has 2 N–H and O–H groups in total. The Balaban J connectivity index is 2.72. The van der Waals surface area contributed by atoms with Gasteiger partial charge in [-0.05, 0) is 42.5 Å². The second-order valence-corrected chi connectivity index (χ2v) is 7.97. The molecule has 0 saturated carbocycles. The molecule has 1 unspecified atom stereocenters. The molecule has 5 nitrogen and oxygen atoms in total. The Morgan fingerprint density at radius 2 is 1.95 bits per heavy atom. The van der Waals surface area contributed by atoms with E-state index in [1.165, 1.54) is 6.07 Å². The van der Waals surface area contributed by atoms with Gasteiger partial charge in [0, 0.05) is 6.54 Å². The fourth-order valence-electron chi connectivity index (χ4n) is 1.86. The summed E-state index contributed by atoms with van der Waals surface area (Å²) in [5.74, 6) is 0.650. The Morgan fingerprint density at radius 3 is 2.43 bits per heavy atom. The molecule has 6 heteroatoms. The second-order valence-electron chi connectivity index (χ2n) is 6.20. The number of sulfonamides is 1. The molecule has 0 saturated heterocycles. The van der Waals surface area contributed by atoms with Gasteiger partial charge in [-0.25, -0.2) is 13.1 Å². The summed E-state index contributed by atoms with van der Waals surface area (Å²) < 4.78 is 32.0. The Hall–Kier alpha value is -1.11. The minimum atomic E-state index is -3.57. The summed E-state index contributed by atoms with van der Waals surface area (Å²) in [4.78, 5) is 0.200. The van der Waals surface area contributed by atoms with Crippen LogP contribution < -0.4 is 9.46 Å². The third kappa shape index (κ3) is 4.98. The summed E-state index contributed by atoms with van der Waals surface area (Å²) in [6.45, 7) is 7.74. The highest BCUT2D eigenvalue weighted by atomic mass is 32.2. The first-order chi connectivity index (χ1) is 9.58. The number of aliphatic hydroxyl groups excluding tert-OH is 1. The molecule has 0 radical (unpaired) electrons. The van der Waals surface area contributed by atoms with Crippen LogP contribution >= 0.6 is 0 Å². The van der Waals surface area contributed by atoms with Crippen LogP contribution in [0.2, 0.25) is 0 Å². The van der Waals surface area contributed by atoms with Crippen molar-refractivity contribution in [3.05, 3.63) is 23.8 Å². The van der Waals surface area contributed by atoms with Crippen molar-refractivity contribution in [3.8, 4) is 5.75 Å². The number of ether oxygens (including phenoxy) is 1. The Kier molecular flexibility index (Phi) is 5.78. The highest BCUT2D eigenvalue weighted by Crippen LogP contribution is 2.22. The lowest BCUT2D eigenvalue weighted by molar-refractivity contribution is 0.0571. The van der Waals surface area contributed by atoms with Gasteiger partial charge < -0.3 is 9.84 Å². The zero-order valence-corrected chi connectivity index (χ0v) is 14.1. The van der Waals surface area contributed by atoms with Gasteiger partial charge in [-0.15, -0.1) is 0 Å². The van der Waals surface area contributed by atoms with Crippen LogP contribution in [0.25, 0.3) is 0 Å². The summed E-state index contributed by atoms with van der Waals surface area (Å²) >= 11 is 0. The van der Waals surface area contributed by atoms with Crippen LogP contribution in [0.1, 0.15) is 32.8 Å². The summed E-state index contributed by atoms with van der Waals surface area (Å²) in [5, 5.41) is 9.91. The number of rotatable bonds is 6. The van der Waals surface area contributed by atoms with Gasteiger partial charge in [-0.3, -0.25) is 0 Å². The predicted molar refractivity (Wildman–Crippen MR) is 83.0 cm³/mol. The molecule has 0 heterocycles.